The van der Waals surface area contributed by atoms with Crippen LogP contribution in [0.3, 0.4) is 0 Å². The maximum absolute atomic E-state index is 12.8. The molecular formula is C23H23N3O3S. The molecule has 30 heavy (non-hydrogen) atoms. The maximum atomic E-state index is 12.8. The van der Waals surface area contributed by atoms with Crippen LogP contribution in [0, 0.1) is 0 Å². The first-order chi connectivity index (χ1) is 14.7. The summed E-state index contributed by atoms with van der Waals surface area (Å²) in [6.45, 7) is 3.22. The van der Waals surface area contributed by atoms with Gasteiger partial charge in [-0.15, -0.1) is 11.3 Å². The predicted molar refractivity (Wildman–Crippen MR) is 120 cm³/mol. The lowest BCUT2D eigenvalue weighted by molar-refractivity contribution is -0.118. The van der Waals surface area contributed by atoms with E-state index in [-0.39, 0.29) is 11.8 Å². The number of amides is 2. The molecule has 3 aromatic rings. The zero-order valence-corrected chi connectivity index (χ0v) is 17.3. The summed E-state index contributed by atoms with van der Waals surface area (Å²) in [5.41, 5.74) is 3.32. The summed E-state index contributed by atoms with van der Waals surface area (Å²) in [7, 11) is 0. The van der Waals surface area contributed by atoms with Gasteiger partial charge in [-0.3, -0.25) is 14.5 Å². The Hall–Kier alpha value is -3.00. The van der Waals surface area contributed by atoms with E-state index < -0.39 is 0 Å². The van der Waals surface area contributed by atoms with E-state index in [1.807, 2.05) is 41.8 Å². The predicted octanol–water partition coefficient (Wildman–Crippen LogP) is 3.94. The quantitative estimate of drug-likeness (QED) is 0.633. The van der Waals surface area contributed by atoms with Crippen LogP contribution in [0.25, 0.3) is 11.1 Å². The van der Waals surface area contributed by atoms with Gasteiger partial charge in [-0.1, -0.05) is 30.3 Å². The van der Waals surface area contributed by atoms with Gasteiger partial charge in [0.2, 0.25) is 5.91 Å². The van der Waals surface area contributed by atoms with Crippen molar-refractivity contribution in [3.63, 3.8) is 0 Å². The van der Waals surface area contributed by atoms with E-state index in [2.05, 4.69) is 15.5 Å². The van der Waals surface area contributed by atoms with Crippen LogP contribution < -0.4 is 10.6 Å². The zero-order chi connectivity index (χ0) is 20.8. The largest absolute Gasteiger partial charge is 0.379 e. The number of benzene rings is 2. The van der Waals surface area contributed by atoms with Crippen molar-refractivity contribution in [1.82, 2.24) is 4.90 Å². The average molecular weight is 422 g/mol. The Kier molecular flexibility index (Phi) is 6.53. The monoisotopic (exact) mass is 421 g/mol. The molecule has 0 unspecified atom stereocenters. The zero-order valence-electron chi connectivity index (χ0n) is 16.5. The van der Waals surface area contributed by atoms with Gasteiger partial charge in [0.1, 0.15) is 0 Å². The molecule has 0 saturated carbocycles. The normalized spacial score (nSPS) is 14.3. The minimum Gasteiger partial charge on any atom is -0.379 e. The molecule has 1 saturated heterocycles. The van der Waals surface area contributed by atoms with Crippen molar-refractivity contribution in [2.75, 3.05) is 43.5 Å². The molecule has 7 heteroatoms. The van der Waals surface area contributed by atoms with Crippen molar-refractivity contribution in [3.8, 4) is 11.1 Å². The van der Waals surface area contributed by atoms with E-state index >= 15 is 0 Å². The Balaban J connectivity index is 1.35. The second-order valence-corrected chi connectivity index (χ2v) is 7.91. The van der Waals surface area contributed by atoms with Crippen LogP contribution in [0.2, 0.25) is 0 Å². The Morgan fingerprint density at radius 3 is 2.27 bits per heavy atom. The minimum absolute atomic E-state index is 0.0558. The Labute approximate surface area is 179 Å². The third-order valence-electron chi connectivity index (χ3n) is 4.85. The summed E-state index contributed by atoms with van der Waals surface area (Å²) in [6.07, 6.45) is 0. The number of hydrogen-bond donors (Lipinski definition) is 2. The number of morpholine rings is 1. The summed E-state index contributed by atoms with van der Waals surface area (Å²) in [5, 5.41) is 7.75. The van der Waals surface area contributed by atoms with Crippen molar-refractivity contribution in [1.29, 1.82) is 0 Å². The molecule has 1 aromatic heterocycles. The molecule has 2 amide bonds. The fourth-order valence-corrected chi connectivity index (χ4v) is 4.13. The first kappa shape index (κ1) is 20.3. The molecule has 6 nitrogen and oxygen atoms in total. The van der Waals surface area contributed by atoms with Crippen LogP contribution in [0.1, 0.15) is 9.67 Å². The average Bonchev–Trinajstić information content (AvgIpc) is 3.27. The van der Waals surface area contributed by atoms with Crippen LogP contribution >= 0.6 is 11.3 Å². The van der Waals surface area contributed by atoms with E-state index in [0.29, 0.717) is 36.0 Å². The molecule has 0 radical (unpaired) electrons. The molecule has 2 N–H and O–H groups in total. The third-order valence-corrected chi connectivity index (χ3v) is 5.77. The highest BCUT2D eigenvalue weighted by atomic mass is 32.1. The fourth-order valence-electron chi connectivity index (χ4n) is 3.32. The second kappa shape index (κ2) is 9.67. The summed E-state index contributed by atoms with van der Waals surface area (Å²) in [4.78, 5) is 27.7. The van der Waals surface area contributed by atoms with Crippen molar-refractivity contribution >= 4 is 34.5 Å². The standard InChI is InChI=1S/C23H23N3O3S/c27-21(16-26-11-13-29-14-12-26)24-18-6-8-19(9-7-18)25-23(28)22-20(10-15-30-22)17-4-2-1-3-5-17/h1-10,15H,11-14,16H2,(H,24,27)(H,25,28). The summed E-state index contributed by atoms with van der Waals surface area (Å²) < 4.78 is 5.30. The number of carbonyl (C=O) groups is 2. The van der Waals surface area contributed by atoms with Gasteiger partial charge >= 0.3 is 0 Å². The number of ether oxygens (including phenoxy) is 1. The summed E-state index contributed by atoms with van der Waals surface area (Å²) >= 11 is 1.42. The van der Waals surface area contributed by atoms with Crippen LogP contribution in [0.15, 0.2) is 66.0 Å². The summed E-state index contributed by atoms with van der Waals surface area (Å²) in [5.74, 6) is -0.201. The molecule has 2 aromatic carbocycles. The van der Waals surface area contributed by atoms with E-state index in [0.717, 1.165) is 24.2 Å². The molecule has 0 spiro atoms. The van der Waals surface area contributed by atoms with Gasteiger partial charge in [-0.25, -0.2) is 0 Å². The van der Waals surface area contributed by atoms with Crippen LogP contribution in [-0.2, 0) is 9.53 Å². The molecule has 1 aliphatic heterocycles. The number of nitrogens with one attached hydrogen (secondary N) is 2. The summed E-state index contributed by atoms with van der Waals surface area (Å²) in [6, 6.07) is 19.0. The molecule has 4 rings (SSSR count). The molecule has 2 heterocycles. The molecule has 0 aliphatic carbocycles. The number of hydrogen-bond acceptors (Lipinski definition) is 5. The van der Waals surface area contributed by atoms with Gasteiger partial charge in [-0.05, 0) is 41.3 Å². The molecule has 154 valence electrons. The van der Waals surface area contributed by atoms with Crippen molar-refractivity contribution < 1.29 is 14.3 Å². The maximum Gasteiger partial charge on any atom is 0.266 e. The van der Waals surface area contributed by atoms with E-state index in [1.165, 1.54) is 11.3 Å². The Morgan fingerprint density at radius 2 is 1.57 bits per heavy atom. The van der Waals surface area contributed by atoms with Crippen molar-refractivity contribution in [3.05, 3.63) is 70.9 Å². The number of thiophene rings is 1. The Morgan fingerprint density at radius 1 is 0.900 bits per heavy atom. The Bertz CT molecular complexity index is 996. The number of anilines is 2. The van der Waals surface area contributed by atoms with Gasteiger partial charge in [0.05, 0.1) is 24.6 Å². The van der Waals surface area contributed by atoms with Crippen molar-refractivity contribution in [2.24, 2.45) is 0 Å². The highest BCUT2D eigenvalue weighted by molar-refractivity contribution is 7.12. The lowest BCUT2D eigenvalue weighted by atomic mass is 10.1. The second-order valence-electron chi connectivity index (χ2n) is 7.00. The van der Waals surface area contributed by atoms with Gasteiger partial charge in [0, 0.05) is 30.0 Å². The van der Waals surface area contributed by atoms with Crippen LogP contribution in [0.4, 0.5) is 11.4 Å². The SMILES string of the molecule is O=C(CN1CCOCC1)Nc1ccc(NC(=O)c2sccc2-c2ccccc2)cc1. The topological polar surface area (TPSA) is 70.7 Å². The molecular weight excluding hydrogens is 398 g/mol. The number of nitrogens with zero attached hydrogens (tertiary/aromatic N) is 1. The molecule has 0 bridgehead atoms. The fraction of sp³-hybridized carbons (Fsp3) is 0.217. The highest BCUT2D eigenvalue weighted by Gasteiger charge is 2.16. The van der Waals surface area contributed by atoms with Gasteiger partial charge in [0.15, 0.2) is 0 Å². The number of rotatable bonds is 6. The van der Waals surface area contributed by atoms with Crippen molar-refractivity contribution in [2.45, 2.75) is 0 Å². The minimum atomic E-state index is -0.145. The third kappa shape index (κ3) is 5.13. The van der Waals surface area contributed by atoms with E-state index in [9.17, 15) is 9.59 Å². The highest BCUT2D eigenvalue weighted by Crippen LogP contribution is 2.29. The van der Waals surface area contributed by atoms with E-state index in [1.54, 1.807) is 24.3 Å². The molecule has 1 aliphatic rings. The first-order valence-electron chi connectivity index (χ1n) is 9.83. The number of carbonyl (C=O) groups excluding carboxylic acids is 2. The van der Waals surface area contributed by atoms with E-state index in [4.69, 9.17) is 4.74 Å². The van der Waals surface area contributed by atoms with Crippen LogP contribution in [-0.4, -0.2) is 49.6 Å². The van der Waals surface area contributed by atoms with Gasteiger partial charge in [0.25, 0.3) is 5.91 Å². The van der Waals surface area contributed by atoms with Gasteiger partial charge in [-0.2, -0.15) is 0 Å². The first-order valence-corrected chi connectivity index (χ1v) is 10.7. The smallest absolute Gasteiger partial charge is 0.266 e. The lowest BCUT2D eigenvalue weighted by Crippen LogP contribution is -2.41. The molecule has 0 atom stereocenters. The van der Waals surface area contributed by atoms with Gasteiger partial charge < -0.3 is 15.4 Å². The lowest BCUT2D eigenvalue weighted by Gasteiger charge is -2.25. The van der Waals surface area contributed by atoms with Crippen LogP contribution in [0.5, 0.6) is 0 Å². The molecule has 1 fully saturated rings.